The number of sulfonamides is 1. The average Bonchev–Trinajstić information content (AvgIpc) is 2.97. The summed E-state index contributed by atoms with van der Waals surface area (Å²) in [6.07, 6.45) is 2.60. The minimum absolute atomic E-state index is 0.0324. The van der Waals surface area contributed by atoms with E-state index in [9.17, 15) is 18.0 Å². The van der Waals surface area contributed by atoms with Gasteiger partial charge in [0.15, 0.2) is 5.76 Å². The summed E-state index contributed by atoms with van der Waals surface area (Å²) in [5.74, 6) is -0.173. The van der Waals surface area contributed by atoms with Gasteiger partial charge in [0, 0.05) is 39.3 Å². The molecule has 0 N–H and O–H groups in total. The lowest BCUT2D eigenvalue weighted by atomic mass is 10.0. The standard InChI is InChI=1S/C14H19N3O5S/c1-23(20,21)17-9-11(10-17)13(18)15-4-6-16(7-5-15)14(19)12-3-2-8-22-12/h2-3,8,11H,4-7,9-10H2,1H3. The molecule has 2 aliphatic heterocycles. The Hall–Kier alpha value is -1.87. The maximum atomic E-state index is 12.3. The van der Waals surface area contributed by atoms with Crippen molar-refractivity contribution in [1.29, 1.82) is 0 Å². The van der Waals surface area contributed by atoms with Crippen LogP contribution in [0.25, 0.3) is 0 Å². The van der Waals surface area contributed by atoms with Crippen LogP contribution in [-0.4, -0.2) is 79.9 Å². The molecule has 0 atom stereocenters. The molecule has 0 spiro atoms. The fraction of sp³-hybridized carbons (Fsp3) is 0.571. The van der Waals surface area contributed by atoms with Crippen molar-refractivity contribution in [3.05, 3.63) is 24.2 Å². The smallest absolute Gasteiger partial charge is 0.289 e. The molecule has 3 heterocycles. The molecule has 1 aromatic heterocycles. The van der Waals surface area contributed by atoms with Gasteiger partial charge in [-0.15, -0.1) is 0 Å². The Balaban J connectivity index is 1.50. The number of furan rings is 1. The number of carbonyl (C=O) groups is 2. The third kappa shape index (κ3) is 3.25. The van der Waals surface area contributed by atoms with E-state index >= 15 is 0 Å². The highest BCUT2D eigenvalue weighted by Gasteiger charge is 2.40. The molecule has 0 radical (unpaired) electrons. The lowest BCUT2D eigenvalue weighted by Crippen LogP contribution is -2.59. The van der Waals surface area contributed by atoms with Gasteiger partial charge >= 0.3 is 0 Å². The first kappa shape index (κ1) is 16.0. The molecule has 0 saturated carbocycles. The van der Waals surface area contributed by atoms with E-state index < -0.39 is 10.0 Å². The van der Waals surface area contributed by atoms with Crippen molar-refractivity contribution in [3.63, 3.8) is 0 Å². The number of nitrogens with zero attached hydrogens (tertiary/aromatic N) is 3. The van der Waals surface area contributed by atoms with Gasteiger partial charge in [-0.3, -0.25) is 9.59 Å². The normalized spacial score (nSPS) is 20.4. The second-order valence-electron chi connectivity index (χ2n) is 5.87. The van der Waals surface area contributed by atoms with E-state index in [1.54, 1.807) is 21.9 Å². The first-order valence-corrected chi connectivity index (χ1v) is 9.28. The molecule has 0 bridgehead atoms. The summed E-state index contributed by atoms with van der Waals surface area (Å²) in [6.45, 7) is 2.33. The first-order valence-electron chi connectivity index (χ1n) is 7.43. The fourth-order valence-electron chi connectivity index (χ4n) is 2.81. The van der Waals surface area contributed by atoms with Gasteiger partial charge in [-0.05, 0) is 12.1 Å². The van der Waals surface area contributed by atoms with E-state index in [0.29, 0.717) is 31.9 Å². The summed E-state index contributed by atoms with van der Waals surface area (Å²) in [7, 11) is -3.21. The zero-order valence-corrected chi connectivity index (χ0v) is 13.7. The number of hydrogen-bond donors (Lipinski definition) is 0. The molecule has 2 aliphatic rings. The molecular weight excluding hydrogens is 322 g/mol. The molecule has 9 heteroatoms. The van der Waals surface area contributed by atoms with E-state index in [-0.39, 0.29) is 30.8 Å². The van der Waals surface area contributed by atoms with Crippen molar-refractivity contribution in [3.8, 4) is 0 Å². The molecule has 23 heavy (non-hydrogen) atoms. The van der Waals surface area contributed by atoms with Crippen LogP contribution >= 0.6 is 0 Å². The number of piperazine rings is 1. The molecule has 0 unspecified atom stereocenters. The Kier molecular flexibility index (Phi) is 4.15. The largest absolute Gasteiger partial charge is 0.459 e. The summed E-state index contributed by atoms with van der Waals surface area (Å²) in [4.78, 5) is 27.9. The topological polar surface area (TPSA) is 91.1 Å². The summed E-state index contributed by atoms with van der Waals surface area (Å²) in [6, 6.07) is 3.28. The predicted octanol–water partition coefficient (Wildman–Crippen LogP) is -0.545. The summed E-state index contributed by atoms with van der Waals surface area (Å²) in [5, 5.41) is 0. The molecule has 126 valence electrons. The van der Waals surface area contributed by atoms with Crippen LogP contribution in [0, 0.1) is 5.92 Å². The molecule has 2 amide bonds. The van der Waals surface area contributed by atoms with Crippen LogP contribution in [0.2, 0.25) is 0 Å². The minimum atomic E-state index is -3.21. The number of amides is 2. The highest BCUT2D eigenvalue weighted by molar-refractivity contribution is 7.88. The number of hydrogen-bond acceptors (Lipinski definition) is 5. The second-order valence-corrected chi connectivity index (χ2v) is 7.85. The summed E-state index contributed by atoms with van der Waals surface area (Å²) < 4.78 is 29.1. The van der Waals surface area contributed by atoms with Crippen LogP contribution in [0.15, 0.2) is 22.8 Å². The third-order valence-electron chi connectivity index (χ3n) is 4.28. The van der Waals surface area contributed by atoms with Crippen molar-refractivity contribution in [2.45, 2.75) is 0 Å². The van der Waals surface area contributed by atoms with Crippen LogP contribution in [0.3, 0.4) is 0 Å². The summed E-state index contributed by atoms with van der Waals surface area (Å²) >= 11 is 0. The van der Waals surface area contributed by atoms with Gasteiger partial charge in [0.25, 0.3) is 5.91 Å². The number of carbonyl (C=O) groups excluding carboxylic acids is 2. The monoisotopic (exact) mass is 341 g/mol. The average molecular weight is 341 g/mol. The lowest BCUT2D eigenvalue weighted by molar-refractivity contribution is -0.140. The Morgan fingerprint density at radius 2 is 1.74 bits per heavy atom. The Bertz CT molecular complexity index is 686. The van der Waals surface area contributed by atoms with Crippen molar-refractivity contribution < 1.29 is 22.4 Å². The Morgan fingerprint density at radius 1 is 1.13 bits per heavy atom. The van der Waals surface area contributed by atoms with Crippen LogP contribution in [0.4, 0.5) is 0 Å². The molecule has 0 aromatic carbocycles. The highest BCUT2D eigenvalue weighted by atomic mass is 32.2. The fourth-order valence-corrected chi connectivity index (χ4v) is 3.71. The minimum Gasteiger partial charge on any atom is -0.459 e. The Labute approximate surface area is 134 Å². The zero-order valence-electron chi connectivity index (χ0n) is 12.8. The van der Waals surface area contributed by atoms with E-state index in [1.807, 2.05) is 0 Å². The van der Waals surface area contributed by atoms with Gasteiger partial charge in [-0.25, -0.2) is 12.7 Å². The predicted molar refractivity (Wildman–Crippen MR) is 81.1 cm³/mol. The van der Waals surface area contributed by atoms with Crippen molar-refractivity contribution in [2.75, 3.05) is 45.5 Å². The van der Waals surface area contributed by atoms with Gasteiger partial charge in [0.1, 0.15) is 0 Å². The highest BCUT2D eigenvalue weighted by Crippen LogP contribution is 2.21. The van der Waals surface area contributed by atoms with Crippen molar-refractivity contribution in [2.24, 2.45) is 5.92 Å². The quantitative estimate of drug-likeness (QED) is 0.736. The van der Waals surface area contributed by atoms with Crippen molar-refractivity contribution in [1.82, 2.24) is 14.1 Å². The van der Waals surface area contributed by atoms with Gasteiger partial charge < -0.3 is 14.2 Å². The molecular formula is C14H19N3O5S. The van der Waals surface area contributed by atoms with E-state index in [2.05, 4.69) is 0 Å². The lowest BCUT2D eigenvalue weighted by Gasteiger charge is -2.41. The van der Waals surface area contributed by atoms with Crippen LogP contribution in [0.5, 0.6) is 0 Å². The van der Waals surface area contributed by atoms with E-state index in [4.69, 9.17) is 4.42 Å². The van der Waals surface area contributed by atoms with Gasteiger partial charge in [0.2, 0.25) is 15.9 Å². The molecule has 8 nitrogen and oxygen atoms in total. The maximum absolute atomic E-state index is 12.3. The molecule has 1 aromatic rings. The first-order chi connectivity index (χ1) is 10.9. The molecule has 2 fully saturated rings. The summed E-state index contributed by atoms with van der Waals surface area (Å²) in [5.41, 5.74) is 0. The number of rotatable bonds is 3. The SMILES string of the molecule is CS(=O)(=O)N1CC(C(=O)N2CCN(C(=O)c3ccco3)CC2)C1. The zero-order chi connectivity index (χ0) is 16.6. The third-order valence-corrected chi connectivity index (χ3v) is 5.51. The maximum Gasteiger partial charge on any atom is 0.289 e. The van der Waals surface area contributed by atoms with Crippen LogP contribution < -0.4 is 0 Å². The van der Waals surface area contributed by atoms with Gasteiger partial charge in [-0.1, -0.05) is 0 Å². The molecule has 3 rings (SSSR count). The van der Waals surface area contributed by atoms with Crippen LogP contribution in [-0.2, 0) is 14.8 Å². The Morgan fingerprint density at radius 3 is 2.26 bits per heavy atom. The van der Waals surface area contributed by atoms with Crippen LogP contribution in [0.1, 0.15) is 10.6 Å². The van der Waals surface area contributed by atoms with Gasteiger partial charge in [-0.2, -0.15) is 0 Å². The molecule has 0 aliphatic carbocycles. The van der Waals surface area contributed by atoms with E-state index in [0.717, 1.165) is 6.26 Å². The second kappa shape index (κ2) is 5.97. The van der Waals surface area contributed by atoms with Crippen molar-refractivity contribution >= 4 is 21.8 Å². The van der Waals surface area contributed by atoms with E-state index in [1.165, 1.54) is 10.6 Å². The molecule has 2 saturated heterocycles. The van der Waals surface area contributed by atoms with Gasteiger partial charge in [0.05, 0.1) is 18.4 Å².